The average molecular weight is 573 g/mol. The van der Waals surface area contributed by atoms with Gasteiger partial charge in [0.05, 0.1) is 40.2 Å². The van der Waals surface area contributed by atoms with Crippen molar-refractivity contribution in [2.24, 2.45) is 11.8 Å². The molecule has 3 aliphatic rings. The number of carbonyl (C=O) groups is 1. The largest absolute Gasteiger partial charge is 0.476 e. The number of amides is 1. The van der Waals surface area contributed by atoms with Crippen molar-refractivity contribution in [3.05, 3.63) is 35.0 Å². The van der Waals surface area contributed by atoms with E-state index in [4.69, 9.17) is 20.9 Å². The van der Waals surface area contributed by atoms with Crippen LogP contribution in [0.4, 0.5) is 17.2 Å². The zero-order valence-electron chi connectivity index (χ0n) is 22.4. The molecule has 2 aromatic heterocycles. The Morgan fingerprint density at radius 1 is 1.18 bits per heavy atom. The Bertz CT molecular complexity index is 1540. The van der Waals surface area contributed by atoms with E-state index in [-0.39, 0.29) is 17.6 Å². The van der Waals surface area contributed by atoms with Gasteiger partial charge in [-0.25, -0.2) is 13.4 Å². The van der Waals surface area contributed by atoms with Crippen LogP contribution in [0.5, 0.6) is 5.88 Å². The van der Waals surface area contributed by atoms with E-state index in [2.05, 4.69) is 14.9 Å². The summed E-state index contributed by atoms with van der Waals surface area (Å²) in [4.78, 5) is 19.7. The standard InChI is InChI=1S/C28H33ClN4O5S/c1-16(2)15-37-26-22(29)11-19(14-30-26)33-23-13-24-20(12-21(23)28(9-10-28)27(33)34)25(31-38-24)32-39(35,36)17(3)18-7-5-4-6-8-18/h11-14,16-18H,4-10,15H2,1-3H3,(H,31,32). The third kappa shape index (κ3) is 4.55. The Kier molecular flexibility index (Phi) is 6.53. The third-order valence-corrected chi connectivity index (χ3v) is 10.5. The molecule has 6 rings (SSSR count). The van der Waals surface area contributed by atoms with Gasteiger partial charge in [0, 0.05) is 6.07 Å². The number of benzene rings is 1. The summed E-state index contributed by atoms with van der Waals surface area (Å²) >= 11 is 6.48. The van der Waals surface area contributed by atoms with Crippen molar-refractivity contribution in [1.82, 2.24) is 10.1 Å². The van der Waals surface area contributed by atoms with Crippen LogP contribution in [0.15, 0.2) is 28.9 Å². The van der Waals surface area contributed by atoms with Crippen LogP contribution in [0.25, 0.3) is 11.0 Å². The van der Waals surface area contributed by atoms with E-state index in [1.165, 1.54) is 0 Å². The predicted octanol–water partition coefficient (Wildman–Crippen LogP) is 6.33. The highest BCUT2D eigenvalue weighted by Gasteiger charge is 2.60. The molecular weight excluding hydrogens is 540 g/mol. The van der Waals surface area contributed by atoms with Gasteiger partial charge in [-0.3, -0.25) is 14.4 Å². The van der Waals surface area contributed by atoms with E-state index in [1.807, 2.05) is 19.9 Å². The third-order valence-electron chi connectivity index (χ3n) is 8.35. The van der Waals surface area contributed by atoms with Gasteiger partial charge in [0.1, 0.15) is 5.02 Å². The second-order valence-electron chi connectivity index (χ2n) is 11.6. The number of nitrogens with one attached hydrogen (secondary N) is 1. The summed E-state index contributed by atoms with van der Waals surface area (Å²) in [5.74, 6) is 0.876. The Labute approximate surface area is 233 Å². The number of ether oxygens (including phenoxy) is 1. The van der Waals surface area contributed by atoms with E-state index in [0.29, 0.717) is 58.6 Å². The van der Waals surface area contributed by atoms with Crippen LogP contribution in [-0.4, -0.2) is 36.3 Å². The molecule has 9 nitrogen and oxygen atoms in total. The lowest BCUT2D eigenvalue weighted by atomic mass is 9.87. The number of anilines is 3. The summed E-state index contributed by atoms with van der Waals surface area (Å²) in [6.07, 6.45) is 8.12. The van der Waals surface area contributed by atoms with Gasteiger partial charge >= 0.3 is 0 Å². The molecule has 1 amide bonds. The highest BCUT2D eigenvalue weighted by Crippen LogP contribution is 2.60. The maximum Gasteiger partial charge on any atom is 0.242 e. The quantitative estimate of drug-likeness (QED) is 0.335. The number of hydrogen-bond acceptors (Lipinski definition) is 7. The number of halogens is 1. The molecule has 3 aromatic rings. The maximum absolute atomic E-state index is 13.7. The molecule has 0 radical (unpaired) electrons. The topological polar surface area (TPSA) is 115 Å². The molecule has 1 unspecified atom stereocenters. The number of aromatic nitrogens is 2. The molecule has 1 spiro atoms. The van der Waals surface area contributed by atoms with E-state index >= 15 is 0 Å². The molecule has 1 aromatic carbocycles. The van der Waals surface area contributed by atoms with Crippen molar-refractivity contribution in [2.45, 2.75) is 76.4 Å². The fourth-order valence-corrected chi connectivity index (χ4v) is 7.49. The van der Waals surface area contributed by atoms with Crippen molar-refractivity contribution in [3.8, 4) is 5.88 Å². The molecule has 2 aliphatic carbocycles. The first kappa shape index (κ1) is 26.4. The number of sulfonamides is 1. The van der Waals surface area contributed by atoms with E-state index < -0.39 is 20.7 Å². The molecule has 1 atom stereocenters. The number of pyridine rings is 1. The van der Waals surface area contributed by atoms with Gasteiger partial charge < -0.3 is 9.26 Å². The van der Waals surface area contributed by atoms with Crippen molar-refractivity contribution in [2.75, 3.05) is 16.2 Å². The van der Waals surface area contributed by atoms with Crippen LogP contribution < -0.4 is 14.4 Å². The number of rotatable bonds is 8. The summed E-state index contributed by atoms with van der Waals surface area (Å²) in [5.41, 5.74) is 1.78. The molecule has 2 saturated carbocycles. The molecule has 1 aliphatic heterocycles. The molecule has 2 fully saturated rings. The molecule has 0 bridgehead atoms. The van der Waals surface area contributed by atoms with Gasteiger partial charge in [-0.05, 0) is 62.1 Å². The van der Waals surface area contributed by atoms with Crippen LogP contribution >= 0.6 is 11.6 Å². The first-order valence-corrected chi connectivity index (χ1v) is 15.6. The zero-order valence-corrected chi connectivity index (χ0v) is 23.9. The minimum Gasteiger partial charge on any atom is -0.476 e. The minimum absolute atomic E-state index is 0.0557. The van der Waals surface area contributed by atoms with Gasteiger partial charge in [0.2, 0.25) is 21.8 Å². The Hall–Kier alpha value is -2.85. The van der Waals surface area contributed by atoms with Crippen molar-refractivity contribution >= 4 is 55.7 Å². The van der Waals surface area contributed by atoms with Gasteiger partial charge in [-0.2, -0.15) is 0 Å². The molecule has 208 valence electrons. The minimum atomic E-state index is -3.67. The molecule has 1 N–H and O–H groups in total. The average Bonchev–Trinajstić information content (AvgIpc) is 3.58. The normalized spacial score (nSPS) is 19.6. The number of nitrogens with zero attached hydrogens (tertiary/aromatic N) is 3. The second kappa shape index (κ2) is 9.66. The van der Waals surface area contributed by atoms with Crippen LogP contribution in [0.1, 0.15) is 71.3 Å². The van der Waals surface area contributed by atoms with Gasteiger partial charge in [-0.15, -0.1) is 0 Å². The van der Waals surface area contributed by atoms with Crippen molar-refractivity contribution < 1.29 is 22.5 Å². The summed E-state index contributed by atoms with van der Waals surface area (Å²) in [6, 6.07) is 5.29. The molecule has 11 heteroatoms. The zero-order chi connectivity index (χ0) is 27.5. The Morgan fingerprint density at radius 3 is 2.59 bits per heavy atom. The Balaban J connectivity index is 1.33. The maximum atomic E-state index is 13.7. The smallest absolute Gasteiger partial charge is 0.242 e. The van der Waals surface area contributed by atoms with Gasteiger partial charge in [0.25, 0.3) is 0 Å². The first-order chi connectivity index (χ1) is 18.6. The molecule has 39 heavy (non-hydrogen) atoms. The van der Waals surface area contributed by atoms with Crippen LogP contribution in [-0.2, 0) is 20.2 Å². The summed E-state index contributed by atoms with van der Waals surface area (Å²) in [7, 11) is -3.67. The lowest BCUT2D eigenvalue weighted by Gasteiger charge is -2.27. The monoisotopic (exact) mass is 572 g/mol. The number of fused-ring (bicyclic) bond motifs is 3. The van der Waals surface area contributed by atoms with Crippen molar-refractivity contribution in [3.63, 3.8) is 0 Å². The lowest BCUT2D eigenvalue weighted by molar-refractivity contribution is -0.119. The lowest BCUT2D eigenvalue weighted by Crippen LogP contribution is -2.33. The molecule has 3 heterocycles. The fraction of sp³-hybridized carbons (Fsp3) is 0.536. The summed E-state index contributed by atoms with van der Waals surface area (Å²) in [6.45, 7) is 6.33. The Morgan fingerprint density at radius 2 is 1.92 bits per heavy atom. The van der Waals surface area contributed by atoms with E-state index in [9.17, 15) is 13.2 Å². The summed E-state index contributed by atoms with van der Waals surface area (Å²) in [5, 5.41) is 4.41. The highest BCUT2D eigenvalue weighted by atomic mass is 35.5. The first-order valence-electron chi connectivity index (χ1n) is 13.7. The van der Waals surface area contributed by atoms with Crippen LogP contribution in [0.3, 0.4) is 0 Å². The van der Waals surface area contributed by atoms with Gasteiger partial charge in [-0.1, -0.05) is 49.9 Å². The fourth-order valence-electron chi connectivity index (χ4n) is 5.89. The molecular formula is C28H33ClN4O5S. The summed E-state index contributed by atoms with van der Waals surface area (Å²) < 4.78 is 40.5. The SMILES string of the molecule is CC(C)COc1ncc(N2C(=O)C3(CC3)c3cc4c(NS(=O)(=O)C(C)C5CCCCC5)noc4cc32)cc1Cl. The number of carbonyl (C=O) groups excluding carboxylic acids is 1. The van der Waals surface area contributed by atoms with E-state index in [0.717, 1.165) is 37.7 Å². The van der Waals surface area contributed by atoms with Crippen LogP contribution in [0, 0.1) is 11.8 Å². The van der Waals surface area contributed by atoms with Crippen LogP contribution in [0.2, 0.25) is 5.02 Å². The van der Waals surface area contributed by atoms with Crippen molar-refractivity contribution in [1.29, 1.82) is 0 Å². The predicted molar refractivity (Wildman–Crippen MR) is 150 cm³/mol. The molecule has 0 saturated heterocycles. The van der Waals surface area contributed by atoms with Gasteiger partial charge in [0.15, 0.2) is 11.4 Å². The number of hydrogen-bond donors (Lipinski definition) is 1. The van der Waals surface area contributed by atoms with E-state index in [1.54, 1.807) is 30.2 Å². The highest BCUT2D eigenvalue weighted by molar-refractivity contribution is 7.93. The second-order valence-corrected chi connectivity index (χ2v) is 14.0.